The minimum Gasteiger partial charge on any atom is -0.340 e. The molecular weight excluding hydrogens is 605 g/mol. The summed E-state index contributed by atoms with van der Waals surface area (Å²) in [6.45, 7) is 13.7. The van der Waals surface area contributed by atoms with E-state index in [0.717, 1.165) is 24.2 Å². The smallest absolute Gasteiger partial charge is 0.0602 e. The average molecular weight is 642 g/mol. The number of nitrogens with zero attached hydrogens (tertiary/aromatic N) is 2. The molecule has 0 spiro atoms. The van der Waals surface area contributed by atoms with Gasteiger partial charge in [-0.2, -0.15) is 0 Å². The molecule has 0 saturated heterocycles. The van der Waals surface area contributed by atoms with E-state index in [1.54, 1.807) is 0 Å². The second kappa shape index (κ2) is 12.0. The first-order valence-electron chi connectivity index (χ1n) is 12.6. The SMILES string of the molecule is CC(C)Cc1cc(-c2ccc(C(C)C)cc2)cc(CC(C)C)c1-n1ccnc1-c1[c-]cccc1.[Ir]. The van der Waals surface area contributed by atoms with Gasteiger partial charge in [0.25, 0.3) is 0 Å². The normalized spacial score (nSPS) is 11.3. The molecule has 0 aliphatic heterocycles. The van der Waals surface area contributed by atoms with Gasteiger partial charge >= 0.3 is 0 Å². The summed E-state index contributed by atoms with van der Waals surface area (Å²) < 4.78 is 2.28. The van der Waals surface area contributed by atoms with E-state index in [0.29, 0.717) is 17.8 Å². The number of benzene rings is 3. The Labute approximate surface area is 225 Å². The zero-order chi connectivity index (χ0) is 24.2. The topological polar surface area (TPSA) is 17.8 Å². The second-order valence-corrected chi connectivity index (χ2v) is 10.5. The van der Waals surface area contributed by atoms with E-state index in [1.165, 1.54) is 33.5 Å². The predicted molar refractivity (Wildman–Crippen MR) is 144 cm³/mol. The fraction of sp³-hybridized carbons (Fsp3) is 0.344. The van der Waals surface area contributed by atoms with Gasteiger partial charge in [-0.1, -0.05) is 65.8 Å². The van der Waals surface area contributed by atoms with E-state index in [-0.39, 0.29) is 20.1 Å². The van der Waals surface area contributed by atoms with Gasteiger partial charge in [-0.05, 0) is 70.5 Å². The van der Waals surface area contributed by atoms with Crippen LogP contribution in [0, 0.1) is 17.9 Å². The molecule has 0 saturated carbocycles. The minimum absolute atomic E-state index is 0. The summed E-state index contributed by atoms with van der Waals surface area (Å²) in [5, 5.41) is 0. The summed E-state index contributed by atoms with van der Waals surface area (Å²) >= 11 is 0. The van der Waals surface area contributed by atoms with Crippen LogP contribution < -0.4 is 0 Å². The molecule has 0 fully saturated rings. The molecule has 0 N–H and O–H groups in total. The van der Waals surface area contributed by atoms with Crippen LogP contribution in [0.15, 0.2) is 73.1 Å². The van der Waals surface area contributed by atoms with Crippen LogP contribution in [0.4, 0.5) is 0 Å². The largest absolute Gasteiger partial charge is 0.340 e. The first-order chi connectivity index (χ1) is 16.3. The van der Waals surface area contributed by atoms with Gasteiger partial charge < -0.3 is 4.57 Å². The first kappa shape index (κ1) is 27.1. The van der Waals surface area contributed by atoms with Gasteiger partial charge in [0, 0.05) is 38.2 Å². The van der Waals surface area contributed by atoms with E-state index in [4.69, 9.17) is 4.98 Å². The number of hydrogen-bond acceptors (Lipinski definition) is 1. The average Bonchev–Trinajstić information content (AvgIpc) is 3.28. The van der Waals surface area contributed by atoms with Crippen molar-refractivity contribution >= 4 is 0 Å². The third-order valence-corrected chi connectivity index (χ3v) is 6.27. The molecule has 4 aromatic rings. The summed E-state index contributed by atoms with van der Waals surface area (Å²) in [5.41, 5.74) is 9.04. The van der Waals surface area contributed by atoms with Crippen molar-refractivity contribution in [1.82, 2.24) is 9.55 Å². The Balaban J connectivity index is 0.00000342. The summed E-state index contributed by atoms with van der Waals surface area (Å²) in [4.78, 5) is 4.74. The summed E-state index contributed by atoms with van der Waals surface area (Å²) in [7, 11) is 0. The molecule has 3 aromatic carbocycles. The zero-order valence-corrected chi connectivity index (χ0v) is 24.2. The van der Waals surface area contributed by atoms with Crippen LogP contribution in [0.1, 0.15) is 64.2 Å². The molecule has 1 aromatic heterocycles. The fourth-order valence-corrected chi connectivity index (χ4v) is 4.70. The maximum Gasteiger partial charge on any atom is 0.0602 e. The number of rotatable bonds is 8. The van der Waals surface area contributed by atoms with Crippen LogP contribution in [0.5, 0.6) is 0 Å². The Morgan fingerprint density at radius 2 is 1.43 bits per heavy atom. The van der Waals surface area contributed by atoms with Crippen molar-refractivity contribution in [2.75, 3.05) is 0 Å². The standard InChI is InChI=1S/C32H37N2.Ir/c1-22(2)18-29-20-28(26-14-12-25(13-15-26)24(5)6)21-30(19-23(3)4)31(29)34-17-16-33-32(34)27-10-8-7-9-11-27;/h7-10,12-17,20-24H,18-19H2,1-6H3;/q-1;. The van der Waals surface area contributed by atoms with E-state index in [2.05, 4.69) is 107 Å². The molecule has 4 rings (SSSR count). The van der Waals surface area contributed by atoms with E-state index >= 15 is 0 Å². The number of aromatic nitrogens is 2. The Morgan fingerprint density at radius 1 is 0.800 bits per heavy atom. The molecule has 2 nitrogen and oxygen atoms in total. The van der Waals surface area contributed by atoms with E-state index < -0.39 is 0 Å². The molecule has 0 unspecified atom stereocenters. The predicted octanol–water partition coefficient (Wildman–Crippen LogP) is 8.52. The van der Waals surface area contributed by atoms with Gasteiger partial charge in [-0.25, -0.2) is 0 Å². The second-order valence-electron chi connectivity index (χ2n) is 10.5. The van der Waals surface area contributed by atoms with Crippen molar-refractivity contribution in [3.05, 3.63) is 95.8 Å². The number of imidazole rings is 1. The molecule has 0 amide bonds. The maximum absolute atomic E-state index is 4.74. The van der Waals surface area contributed by atoms with Crippen molar-refractivity contribution in [3.63, 3.8) is 0 Å². The zero-order valence-electron chi connectivity index (χ0n) is 21.8. The Bertz CT molecular complexity index is 1190. The molecular formula is C32H37IrN2-. The van der Waals surface area contributed by atoms with E-state index in [9.17, 15) is 0 Å². The third-order valence-electron chi connectivity index (χ3n) is 6.27. The Morgan fingerprint density at radius 3 is 1.94 bits per heavy atom. The summed E-state index contributed by atoms with van der Waals surface area (Å²) in [6, 6.07) is 25.4. The number of hydrogen-bond donors (Lipinski definition) is 0. The van der Waals surface area contributed by atoms with Crippen molar-refractivity contribution in [1.29, 1.82) is 0 Å². The van der Waals surface area contributed by atoms with Crippen molar-refractivity contribution < 1.29 is 20.1 Å². The molecule has 35 heavy (non-hydrogen) atoms. The summed E-state index contributed by atoms with van der Waals surface area (Å²) in [6.07, 6.45) is 6.06. The molecule has 3 heteroatoms. The quantitative estimate of drug-likeness (QED) is 0.176. The van der Waals surface area contributed by atoms with Gasteiger partial charge in [-0.3, -0.25) is 4.98 Å². The van der Waals surface area contributed by atoms with Crippen molar-refractivity contribution in [3.8, 4) is 28.2 Å². The molecule has 0 bridgehead atoms. The minimum atomic E-state index is 0. The monoisotopic (exact) mass is 642 g/mol. The Kier molecular flexibility index (Phi) is 9.27. The van der Waals surface area contributed by atoms with Crippen molar-refractivity contribution in [2.24, 2.45) is 11.8 Å². The van der Waals surface area contributed by atoms with Crippen molar-refractivity contribution in [2.45, 2.75) is 60.3 Å². The van der Waals surface area contributed by atoms with Gasteiger partial charge in [-0.15, -0.1) is 35.9 Å². The molecule has 1 radical (unpaired) electrons. The van der Waals surface area contributed by atoms with E-state index in [1.807, 2.05) is 18.3 Å². The molecule has 185 valence electrons. The summed E-state index contributed by atoms with van der Waals surface area (Å²) in [5.74, 6) is 2.60. The van der Waals surface area contributed by atoms with Gasteiger partial charge in [0.05, 0.1) is 5.82 Å². The van der Waals surface area contributed by atoms with Crippen LogP contribution in [-0.4, -0.2) is 9.55 Å². The third kappa shape index (κ3) is 6.40. The first-order valence-corrected chi connectivity index (χ1v) is 12.6. The fourth-order valence-electron chi connectivity index (χ4n) is 4.70. The molecule has 0 aliphatic carbocycles. The maximum atomic E-state index is 4.74. The van der Waals surface area contributed by atoms with Crippen LogP contribution >= 0.6 is 0 Å². The van der Waals surface area contributed by atoms with Gasteiger partial charge in [0.2, 0.25) is 0 Å². The van der Waals surface area contributed by atoms with Gasteiger partial charge in [0.1, 0.15) is 0 Å². The Hall–Kier alpha value is -2.48. The van der Waals surface area contributed by atoms with Crippen LogP contribution in [0.2, 0.25) is 0 Å². The molecule has 0 aliphatic rings. The van der Waals surface area contributed by atoms with Gasteiger partial charge in [0.15, 0.2) is 0 Å². The van der Waals surface area contributed by atoms with Crippen LogP contribution in [-0.2, 0) is 32.9 Å². The van der Waals surface area contributed by atoms with Crippen LogP contribution in [0.25, 0.3) is 28.2 Å². The molecule has 1 heterocycles. The molecule has 0 atom stereocenters. The van der Waals surface area contributed by atoms with Crippen LogP contribution in [0.3, 0.4) is 0 Å².